The molecular formula is C16H27N3. The minimum atomic E-state index is 0.342. The van der Waals surface area contributed by atoms with Crippen LogP contribution in [0.1, 0.15) is 27.2 Å². The van der Waals surface area contributed by atoms with Crippen LogP contribution in [0.15, 0.2) is 36.9 Å². The van der Waals surface area contributed by atoms with Crippen LogP contribution < -0.4 is 11.1 Å². The van der Waals surface area contributed by atoms with Gasteiger partial charge in [-0.15, -0.1) is 6.58 Å². The fourth-order valence-corrected chi connectivity index (χ4v) is 2.13. The third kappa shape index (κ3) is 4.60. The zero-order valence-electron chi connectivity index (χ0n) is 12.6. The Bertz CT molecular complexity index is 401. The number of nitrogen functional groups attached to an aromatic ring is 1. The molecule has 0 amide bonds. The van der Waals surface area contributed by atoms with Gasteiger partial charge in [0, 0.05) is 18.1 Å². The number of para-hydroxylation sites is 2. The van der Waals surface area contributed by atoms with Crippen molar-refractivity contribution in [3.63, 3.8) is 0 Å². The molecule has 0 bridgehead atoms. The first-order valence-corrected chi connectivity index (χ1v) is 6.91. The molecule has 0 aliphatic rings. The Hall–Kier alpha value is -1.48. The van der Waals surface area contributed by atoms with Crippen molar-refractivity contribution in [2.45, 2.75) is 45.3 Å². The third-order valence-electron chi connectivity index (χ3n) is 3.57. The summed E-state index contributed by atoms with van der Waals surface area (Å²) in [5.74, 6) is 0. The van der Waals surface area contributed by atoms with Gasteiger partial charge in [-0.05, 0) is 46.4 Å². The van der Waals surface area contributed by atoms with Gasteiger partial charge in [0.1, 0.15) is 0 Å². The molecule has 0 heterocycles. The van der Waals surface area contributed by atoms with Crippen LogP contribution in [0.3, 0.4) is 0 Å². The monoisotopic (exact) mass is 261 g/mol. The van der Waals surface area contributed by atoms with Crippen molar-refractivity contribution in [2.24, 2.45) is 0 Å². The molecule has 0 unspecified atom stereocenters. The average Bonchev–Trinajstić information content (AvgIpc) is 2.37. The lowest BCUT2D eigenvalue weighted by Crippen LogP contribution is -2.38. The minimum absolute atomic E-state index is 0.342. The van der Waals surface area contributed by atoms with Gasteiger partial charge >= 0.3 is 0 Å². The summed E-state index contributed by atoms with van der Waals surface area (Å²) < 4.78 is 0. The Morgan fingerprint density at radius 2 is 1.95 bits per heavy atom. The second kappa shape index (κ2) is 7.19. The lowest BCUT2D eigenvalue weighted by atomic mass is 10.1. The number of anilines is 2. The molecule has 0 saturated heterocycles. The van der Waals surface area contributed by atoms with Gasteiger partial charge in [-0.2, -0.15) is 0 Å². The molecule has 0 spiro atoms. The smallest absolute Gasteiger partial charge is 0.0575 e. The van der Waals surface area contributed by atoms with Crippen molar-refractivity contribution in [1.29, 1.82) is 0 Å². The van der Waals surface area contributed by atoms with Crippen molar-refractivity contribution in [3.05, 3.63) is 36.9 Å². The van der Waals surface area contributed by atoms with E-state index in [1.54, 1.807) is 0 Å². The first kappa shape index (κ1) is 15.6. The topological polar surface area (TPSA) is 41.3 Å². The molecule has 2 atom stereocenters. The van der Waals surface area contributed by atoms with E-state index in [1.807, 2.05) is 30.3 Å². The predicted octanol–water partition coefficient (Wildman–Crippen LogP) is 3.35. The molecule has 0 aliphatic carbocycles. The molecule has 106 valence electrons. The van der Waals surface area contributed by atoms with Crippen molar-refractivity contribution in [3.8, 4) is 0 Å². The largest absolute Gasteiger partial charge is 0.397 e. The number of nitrogens with zero attached hydrogens (tertiary/aromatic N) is 1. The van der Waals surface area contributed by atoms with Crippen LogP contribution in [0.4, 0.5) is 11.4 Å². The summed E-state index contributed by atoms with van der Waals surface area (Å²) in [7, 11) is 2.14. The molecule has 1 aromatic rings. The van der Waals surface area contributed by atoms with E-state index in [4.69, 9.17) is 5.73 Å². The number of nitrogens with one attached hydrogen (secondary N) is 1. The number of rotatable bonds is 7. The molecular weight excluding hydrogens is 234 g/mol. The first-order valence-electron chi connectivity index (χ1n) is 6.91. The van der Waals surface area contributed by atoms with Crippen molar-refractivity contribution in [2.75, 3.05) is 18.1 Å². The lowest BCUT2D eigenvalue weighted by molar-refractivity contribution is 0.216. The number of hydrogen-bond donors (Lipinski definition) is 2. The maximum absolute atomic E-state index is 5.95. The van der Waals surface area contributed by atoms with E-state index in [-0.39, 0.29) is 0 Å². The van der Waals surface area contributed by atoms with Gasteiger partial charge in [0.25, 0.3) is 0 Å². The summed E-state index contributed by atoms with van der Waals surface area (Å²) >= 11 is 0. The van der Waals surface area contributed by atoms with Gasteiger partial charge in [0.2, 0.25) is 0 Å². The van der Waals surface area contributed by atoms with E-state index in [2.05, 4.69) is 44.6 Å². The maximum Gasteiger partial charge on any atom is 0.0575 e. The Morgan fingerprint density at radius 3 is 2.47 bits per heavy atom. The Morgan fingerprint density at radius 1 is 1.32 bits per heavy atom. The predicted molar refractivity (Wildman–Crippen MR) is 85.4 cm³/mol. The van der Waals surface area contributed by atoms with Crippen LogP contribution >= 0.6 is 0 Å². The molecule has 0 aliphatic heterocycles. The second-order valence-electron chi connectivity index (χ2n) is 5.43. The van der Waals surface area contributed by atoms with Gasteiger partial charge in [-0.1, -0.05) is 18.2 Å². The zero-order chi connectivity index (χ0) is 14.4. The van der Waals surface area contributed by atoms with Gasteiger partial charge in [-0.25, -0.2) is 0 Å². The summed E-state index contributed by atoms with van der Waals surface area (Å²) in [6.07, 6.45) is 3.03. The molecule has 0 saturated carbocycles. The number of nitrogens with two attached hydrogens (primary N) is 1. The van der Waals surface area contributed by atoms with Gasteiger partial charge < -0.3 is 11.1 Å². The highest BCUT2D eigenvalue weighted by molar-refractivity contribution is 5.65. The Balaban J connectivity index is 2.61. The van der Waals surface area contributed by atoms with Crippen LogP contribution in [0.25, 0.3) is 0 Å². The molecule has 0 aromatic heterocycles. The quantitative estimate of drug-likeness (QED) is 0.584. The van der Waals surface area contributed by atoms with Crippen molar-refractivity contribution >= 4 is 11.4 Å². The number of benzene rings is 1. The fraction of sp³-hybridized carbons (Fsp3) is 0.500. The third-order valence-corrected chi connectivity index (χ3v) is 3.57. The summed E-state index contributed by atoms with van der Waals surface area (Å²) in [4.78, 5) is 2.33. The molecule has 0 fully saturated rings. The van der Waals surface area contributed by atoms with E-state index in [1.165, 1.54) is 0 Å². The lowest BCUT2D eigenvalue weighted by Gasteiger charge is -2.31. The Labute approximate surface area is 117 Å². The van der Waals surface area contributed by atoms with E-state index >= 15 is 0 Å². The first-order chi connectivity index (χ1) is 8.95. The summed E-state index contributed by atoms with van der Waals surface area (Å²) in [6.45, 7) is 10.5. The second-order valence-corrected chi connectivity index (χ2v) is 5.43. The maximum atomic E-state index is 5.95. The number of likely N-dealkylation sites (N-methyl/N-ethyl adjacent to an activating group) is 1. The van der Waals surface area contributed by atoms with Crippen LogP contribution in [0.2, 0.25) is 0 Å². The van der Waals surface area contributed by atoms with Crippen LogP contribution in [-0.2, 0) is 0 Å². The van der Waals surface area contributed by atoms with Gasteiger partial charge in [0.15, 0.2) is 0 Å². The van der Waals surface area contributed by atoms with Gasteiger partial charge in [0.05, 0.1) is 11.4 Å². The summed E-state index contributed by atoms with van der Waals surface area (Å²) in [5.41, 5.74) is 7.75. The summed E-state index contributed by atoms with van der Waals surface area (Å²) in [5, 5.41) is 3.47. The SMILES string of the molecule is C=C[C@@H](C[C@H](C)Nc1ccccc1N)N(C)C(C)C. The minimum Gasteiger partial charge on any atom is -0.397 e. The summed E-state index contributed by atoms with van der Waals surface area (Å²) in [6, 6.07) is 9.10. The molecule has 3 nitrogen and oxygen atoms in total. The highest BCUT2D eigenvalue weighted by Crippen LogP contribution is 2.20. The van der Waals surface area contributed by atoms with Crippen molar-refractivity contribution in [1.82, 2.24) is 4.90 Å². The normalized spacial score (nSPS) is 14.4. The Kier molecular flexibility index (Phi) is 5.90. The van der Waals surface area contributed by atoms with Crippen LogP contribution in [0, 0.1) is 0 Å². The standard InChI is InChI=1S/C16H27N3/c1-6-14(19(5)12(2)3)11-13(4)18-16-10-8-7-9-15(16)17/h6-10,12-14,18H,1,11,17H2,2-5H3/t13-,14-/m0/s1. The van der Waals surface area contributed by atoms with E-state index in [0.29, 0.717) is 18.1 Å². The fourth-order valence-electron chi connectivity index (χ4n) is 2.13. The van der Waals surface area contributed by atoms with Crippen LogP contribution in [0.5, 0.6) is 0 Å². The van der Waals surface area contributed by atoms with Crippen molar-refractivity contribution < 1.29 is 0 Å². The highest BCUT2D eigenvalue weighted by atomic mass is 15.1. The average molecular weight is 261 g/mol. The van der Waals surface area contributed by atoms with E-state index in [0.717, 1.165) is 17.8 Å². The highest BCUT2D eigenvalue weighted by Gasteiger charge is 2.17. The number of hydrogen-bond acceptors (Lipinski definition) is 3. The molecule has 0 radical (unpaired) electrons. The molecule has 1 rings (SSSR count). The molecule has 3 heteroatoms. The van der Waals surface area contributed by atoms with Gasteiger partial charge in [-0.3, -0.25) is 4.90 Å². The van der Waals surface area contributed by atoms with E-state index in [9.17, 15) is 0 Å². The zero-order valence-corrected chi connectivity index (χ0v) is 12.6. The molecule has 3 N–H and O–H groups in total. The molecule has 1 aromatic carbocycles. The van der Waals surface area contributed by atoms with Crippen LogP contribution in [-0.4, -0.2) is 30.1 Å². The molecule has 19 heavy (non-hydrogen) atoms. The van der Waals surface area contributed by atoms with E-state index < -0.39 is 0 Å².